The van der Waals surface area contributed by atoms with Crippen LogP contribution in [-0.4, -0.2) is 22.6 Å². The van der Waals surface area contributed by atoms with Crippen LogP contribution in [0.4, 0.5) is 0 Å². The van der Waals surface area contributed by atoms with Crippen molar-refractivity contribution in [3.8, 4) is 0 Å². The van der Waals surface area contributed by atoms with E-state index in [1.165, 1.54) is 10.9 Å². The third kappa shape index (κ3) is 5.49. The van der Waals surface area contributed by atoms with Crippen molar-refractivity contribution in [1.82, 2.24) is 0 Å². The van der Waals surface area contributed by atoms with Gasteiger partial charge in [-0.1, -0.05) is 49.2 Å². The van der Waals surface area contributed by atoms with Gasteiger partial charge in [-0.3, -0.25) is 14.4 Å². The molecule has 0 heterocycles. The van der Waals surface area contributed by atoms with Crippen molar-refractivity contribution in [1.29, 1.82) is 0 Å². The van der Waals surface area contributed by atoms with Crippen LogP contribution in [0.1, 0.15) is 56.1 Å². The molecule has 0 aromatic heterocycles. The van der Waals surface area contributed by atoms with Crippen LogP contribution in [0.2, 0.25) is 0 Å². The molecule has 2 aromatic carbocycles. The number of hydrogen-bond donors (Lipinski definition) is 1. The number of unbranched alkanes of at least 4 members (excludes halogenated alkanes) is 3. The smallest absolute Gasteiger partial charge is 0.303 e. The van der Waals surface area contributed by atoms with Gasteiger partial charge in [-0.15, -0.1) is 0 Å². The summed E-state index contributed by atoms with van der Waals surface area (Å²) in [5.41, 5.74) is 2.41. The Balaban J connectivity index is 1.54. The molecule has 0 bridgehead atoms. The van der Waals surface area contributed by atoms with E-state index < -0.39 is 5.97 Å². The fourth-order valence-electron chi connectivity index (χ4n) is 3.86. The molecule has 2 aromatic rings. The number of ketones is 2. The first-order valence-electron chi connectivity index (χ1n) is 9.79. The minimum Gasteiger partial charge on any atom is -0.481 e. The number of hydrogen-bond acceptors (Lipinski definition) is 3. The second kappa shape index (κ2) is 8.94. The molecule has 1 N–H and O–H groups in total. The summed E-state index contributed by atoms with van der Waals surface area (Å²) in [6.07, 6.45) is 6.26. The predicted molar refractivity (Wildman–Crippen MR) is 105 cm³/mol. The lowest BCUT2D eigenvalue weighted by molar-refractivity contribution is -0.137. The lowest BCUT2D eigenvalue weighted by Crippen LogP contribution is -2.09. The summed E-state index contributed by atoms with van der Waals surface area (Å²) >= 11 is 0. The molecule has 4 nitrogen and oxygen atoms in total. The van der Waals surface area contributed by atoms with Crippen molar-refractivity contribution in [2.75, 3.05) is 0 Å². The number of carboxylic acid groups (broad SMARTS) is 1. The van der Waals surface area contributed by atoms with E-state index in [-0.39, 0.29) is 30.3 Å². The molecule has 1 aliphatic carbocycles. The Labute approximate surface area is 159 Å². The van der Waals surface area contributed by atoms with Crippen molar-refractivity contribution in [3.63, 3.8) is 0 Å². The van der Waals surface area contributed by atoms with Crippen LogP contribution in [0, 0.1) is 5.92 Å². The third-order valence-corrected chi connectivity index (χ3v) is 5.36. The minimum absolute atomic E-state index is 0.0680. The molecule has 27 heavy (non-hydrogen) atoms. The Kier molecular flexibility index (Phi) is 6.38. The number of carbonyl (C=O) groups is 3. The number of rotatable bonds is 9. The van der Waals surface area contributed by atoms with Gasteiger partial charge in [-0.2, -0.15) is 0 Å². The van der Waals surface area contributed by atoms with Gasteiger partial charge in [0, 0.05) is 18.8 Å². The first-order valence-corrected chi connectivity index (χ1v) is 9.79. The van der Waals surface area contributed by atoms with Crippen LogP contribution in [0.5, 0.6) is 0 Å². The highest BCUT2D eigenvalue weighted by atomic mass is 16.4. The summed E-state index contributed by atoms with van der Waals surface area (Å²) < 4.78 is 0. The molecule has 0 saturated heterocycles. The molecule has 0 amide bonds. The molecule has 1 unspecified atom stereocenters. The Morgan fingerprint density at radius 3 is 2.26 bits per heavy atom. The Morgan fingerprint density at radius 1 is 0.926 bits per heavy atom. The van der Waals surface area contributed by atoms with Gasteiger partial charge in [-0.05, 0) is 47.6 Å². The number of aliphatic carboxylic acids is 1. The average molecular weight is 366 g/mol. The highest BCUT2D eigenvalue weighted by Crippen LogP contribution is 2.25. The summed E-state index contributed by atoms with van der Waals surface area (Å²) in [5.74, 6) is -0.708. The molecule has 0 radical (unpaired) electrons. The Morgan fingerprint density at radius 2 is 1.59 bits per heavy atom. The Hall–Kier alpha value is -2.49. The van der Waals surface area contributed by atoms with E-state index in [9.17, 15) is 14.4 Å². The van der Waals surface area contributed by atoms with Gasteiger partial charge < -0.3 is 5.11 Å². The molecule has 4 heteroatoms. The Bertz CT molecular complexity index is 853. The third-order valence-electron chi connectivity index (χ3n) is 5.36. The van der Waals surface area contributed by atoms with Gasteiger partial charge in [0.2, 0.25) is 0 Å². The molecular formula is C23H26O4. The normalized spacial score (nSPS) is 17.0. The number of Topliss-reactive ketones (excluding diaryl/α,β-unsaturated/α-hetero) is 2. The van der Waals surface area contributed by atoms with Crippen LogP contribution in [-0.2, 0) is 27.2 Å². The van der Waals surface area contributed by atoms with Gasteiger partial charge >= 0.3 is 5.97 Å². The summed E-state index contributed by atoms with van der Waals surface area (Å²) in [4.78, 5) is 33.8. The fourth-order valence-corrected chi connectivity index (χ4v) is 3.86. The number of benzene rings is 2. The highest BCUT2D eigenvalue weighted by molar-refractivity contribution is 6.07. The zero-order valence-electron chi connectivity index (χ0n) is 15.6. The van der Waals surface area contributed by atoms with Gasteiger partial charge in [0.05, 0.1) is 6.42 Å². The lowest BCUT2D eigenvalue weighted by Gasteiger charge is -2.09. The lowest BCUT2D eigenvalue weighted by atomic mass is 9.94. The van der Waals surface area contributed by atoms with Crippen molar-refractivity contribution >= 4 is 28.3 Å². The topological polar surface area (TPSA) is 71.4 Å². The van der Waals surface area contributed by atoms with Gasteiger partial charge in [-0.25, -0.2) is 0 Å². The van der Waals surface area contributed by atoms with E-state index in [1.54, 1.807) is 0 Å². The fraction of sp³-hybridized carbons (Fsp3) is 0.435. The van der Waals surface area contributed by atoms with Crippen molar-refractivity contribution < 1.29 is 19.5 Å². The second-order valence-electron chi connectivity index (χ2n) is 7.61. The number of carbonyl (C=O) groups excluding carboxylic acids is 2. The van der Waals surface area contributed by atoms with Crippen LogP contribution in [0.3, 0.4) is 0 Å². The summed E-state index contributed by atoms with van der Waals surface area (Å²) in [5, 5.41) is 11.0. The number of fused-ring (bicyclic) bond motifs is 1. The first-order chi connectivity index (χ1) is 13.0. The van der Waals surface area contributed by atoms with Crippen LogP contribution >= 0.6 is 0 Å². The minimum atomic E-state index is -0.715. The van der Waals surface area contributed by atoms with E-state index in [2.05, 4.69) is 36.4 Å². The van der Waals surface area contributed by atoms with Crippen LogP contribution in [0.25, 0.3) is 10.8 Å². The molecule has 1 aliphatic rings. The van der Waals surface area contributed by atoms with E-state index in [4.69, 9.17) is 5.11 Å². The predicted octanol–water partition coefficient (Wildman–Crippen LogP) is 4.51. The van der Waals surface area contributed by atoms with E-state index in [0.717, 1.165) is 43.1 Å². The van der Waals surface area contributed by atoms with Crippen LogP contribution in [0.15, 0.2) is 36.4 Å². The van der Waals surface area contributed by atoms with Crippen molar-refractivity contribution in [2.45, 2.75) is 57.8 Å². The highest BCUT2D eigenvalue weighted by Gasteiger charge is 2.30. The molecule has 1 fully saturated rings. The maximum atomic E-state index is 11.8. The van der Waals surface area contributed by atoms with E-state index in [0.29, 0.717) is 12.8 Å². The zero-order chi connectivity index (χ0) is 19.2. The summed E-state index contributed by atoms with van der Waals surface area (Å²) in [6.45, 7) is 0. The largest absolute Gasteiger partial charge is 0.481 e. The molecule has 0 spiro atoms. The molecule has 3 rings (SSSR count). The van der Waals surface area contributed by atoms with Gasteiger partial charge in [0.1, 0.15) is 11.6 Å². The quantitative estimate of drug-likeness (QED) is 0.524. The summed E-state index contributed by atoms with van der Waals surface area (Å²) in [6, 6.07) is 12.8. The molecule has 142 valence electrons. The van der Waals surface area contributed by atoms with Gasteiger partial charge in [0.15, 0.2) is 0 Å². The first kappa shape index (κ1) is 19.3. The molecule has 1 saturated carbocycles. The maximum Gasteiger partial charge on any atom is 0.303 e. The van der Waals surface area contributed by atoms with Gasteiger partial charge in [0.25, 0.3) is 0 Å². The SMILES string of the molecule is O=C(O)CCCCCCc1ccc2cc(CC3CC(=O)CC3=O)ccc2c1. The van der Waals surface area contributed by atoms with Crippen molar-refractivity contribution in [3.05, 3.63) is 47.5 Å². The second-order valence-corrected chi connectivity index (χ2v) is 7.61. The summed E-state index contributed by atoms with van der Waals surface area (Å²) in [7, 11) is 0. The maximum absolute atomic E-state index is 11.8. The van der Waals surface area contributed by atoms with E-state index in [1.807, 2.05) is 0 Å². The van der Waals surface area contributed by atoms with E-state index >= 15 is 0 Å². The van der Waals surface area contributed by atoms with Crippen LogP contribution < -0.4 is 0 Å². The molecule has 0 aliphatic heterocycles. The monoisotopic (exact) mass is 366 g/mol. The molecular weight excluding hydrogens is 340 g/mol. The zero-order valence-corrected chi connectivity index (χ0v) is 15.6. The van der Waals surface area contributed by atoms with Crippen molar-refractivity contribution in [2.24, 2.45) is 5.92 Å². The molecule has 1 atom stereocenters. The standard InChI is InChI=1S/C23H26O4/c24-21-14-20(22(25)15-21)13-17-8-10-18-11-16(7-9-19(18)12-17)5-3-1-2-4-6-23(26)27/h7-12,20H,1-6,13-15H2,(H,26,27). The number of aryl methyl sites for hydroxylation is 1. The number of carboxylic acids is 1. The average Bonchev–Trinajstić information content (AvgIpc) is 2.94.